The van der Waals surface area contributed by atoms with E-state index in [4.69, 9.17) is 16.9 Å². The average Bonchev–Trinajstić information content (AvgIpc) is 2.56. The fraction of sp³-hybridized carbons (Fsp3) is 0.176. The summed E-state index contributed by atoms with van der Waals surface area (Å²) in [4.78, 5) is 23.5. The van der Waals surface area contributed by atoms with Crippen molar-refractivity contribution in [1.82, 2.24) is 0 Å². The molecule has 128 valence electrons. The molecule has 2 aromatic carbocycles. The monoisotopic (exact) mass is 375 g/mol. The molecule has 1 unspecified atom stereocenters. The van der Waals surface area contributed by atoms with Gasteiger partial charge in [0.15, 0.2) is 0 Å². The summed E-state index contributed by atoms with van der Waals surface area (Å²) >= 11 is 7.48. The highest BCUT2D eigenvalue weighted by atomic mass is 35.5. The van der Waals surface area contributed by atoms with Crippen molar-refractivity contribution in [2.24, 2.45) is 0 Å². The molecule has 0 saturated carbocycles. The number of carbonyl (C=O) groups is 1. The van der Waals surface area contributed by atoms with Gasteiger partial charge in [-0.25, -0.2) is 0 Å². The molecule has 2 aromatic rings. The fourth-order valence-electron chi connectivity index (χ4n) is 2.05. The number of hydrogen-bond donors (Lipinski definition) is 1. The average molecular weight is 376 g/mol. The predicted molar refractivity (Wildman–Crippen MR) is 98.1 cm³/mol. The molecule has 1 amide bonds. The summed E-state index contributed by atoms with van der Waals surface area (Å²) in [5, 5.41) is 22.4. The second kappa shape index (κ2) is 8.51. The zero-order valence-corrected chi connectivity index (χ0v) is 14.8. The van der Waals surface area contributed by atoms with Crippen molar-refractivity contribution in [3.05, 3.63) is 63.2 Å². The molecule has 0 aliphatic carbocycles. The van der Waals surface area contributed by atoms with Gasteiger partial charge in [-0.3, -0.25) is 14.9 Å². The Labute approximate surface area is 153 Å². The Hall–Kier alpha value is -2.56. The van der Waals surface area contributed by atoms with Gasteiger partial charge in [0.2, 0.25) is 0 Å². The van der Waals surface area contributed by atoms with E-state index >= 15 is 0 Å². The highest BCUT2D eigenvalue weighted by Crippen LogP contribution is 2.32. The number of amides is 1. The first kappa shape index (κ1) is 18.8. The van der Waals surface area contributed by atoms with Gasteiger partial charge in [0, 0.05) is 28.7 Å². The lowest BCUT2D eigenvalue weighted by Crippen LogP contribution is -2.13. The van der Waals surface area contributed by atoms with Crippen LogP contribution in [0.2, 0.25) is 5.02 Å². The van der Waals surface area contributed by atoms with Crippen molar-refractivity contribution in [1.29, 1.82) is 5.26 Å². The maximum Gasteiger partial charge on any atom is 0.270 e. The minimum Gasteiger partial charge on any atom is -0.321 e. The van der Waals surface area contributed by atoms with Crippen LogP contribution in [0, 0.1) is 21.4 Å². The standard InChI is InChI=1S/C17H14ClN3O3S/c1-11(8-9-19)25-16-5-3-2-4-15(16)20-17(22)13-7-6-12(21(23)24)10-14(13)18/h2-7,10-11H,8H2,1H3,(H,20,22). The molecule has 0 aromatic heterocycles. The Morgan fingerprint density at radius 1 is 1.40 bits per heavy atom. The Morgan fingerprint density at radius 2 is 2.12 bits per heavy atom. The second-order valence-corrected chi connectivity index (χ2v) is 7.05. The number of nitro benzene ring substituents is 1. The SMILES string of the molecule is CC(CC#N)Sc1ccccc1NC(=O)c1ccc([N+](=O)[O-])cc1Cl. The minimum absolute atomic E-state index is 0.00897. The third-order valence-corrected chi connectivity index (χ3v) is 4.74. The smallest absolute Gasteiger partial charge is 0.270 e. The normalized spacial score (nSPS) is 11.4. The van der Waals surface area contributed by atoms with Crippen molar-refractivity contribution in [2.75, 3.05) is 5.32 Å². The molecular weight excluding hydrogens is 362 g/mol. The van der Waals surface area contributed by atoms with Gasteiger partial charge in [-0.15, -0.1) is 11.8 Å². The molecule has 1 atom stereocenters. The van der Waals surface area contributed by atoms with Crippen LogP contribution in [0.5, 0.6) is 0 Å². The van der Waals surface area contributed by atoms with E-state index in [2.05, 4.69) is 11.4 Å². The number of hydrogen-bond acceptors (Lipinski definition) is 5. The lowest BCUT2D eigenvalue weighted by atomic mass is 10.2. The highest BCUT2D eigenvalue weighted by Gasteiger charge is 2.16. The summed E-state index contributed by atoms with van der Waals surface area (Å²) in [5.41, 5.74) is 0.566. The Balaban J connectivity index is 2.21. The number of nitriles is 1. The Kier molecular flexibility index (Phi) is 6.39. The van der Waals surface area contributed by atoms with E-state index in [0.29, 0.717) is 12.1 Å². The van der Waals surface area contributed by atoms with E-state index in [0.717, 1.165) is 11.0 Å². The maximum atomic E-state index is 12.5. The molecule has 2 rings (SSSR count). The van der Waals surface area contributed by atoms with E-state index in [9.17, 15) is 14.9 Å². The summed E-state index contributed by atoms with van der Waals surface area (Å²) in [6.07, 6.45) is 0.390. The second-order valence-electron chi connectivity index (χ2n) is 5.16. The van der Waals surface area contributed by atoms with E-state index in [-0.39, 0.29) is 21.5 Å². The van der Waals surface area contributed by atoms with Crippen molar-refractivity contribution < 1.29 is 9.72 Å². The van der Waals surface area contributed by atoms with E-state index in [1.54, 1.807) is 12.1 Å². The number of anilines is 1. The molecular formula is C17H14ClN3O3S. The molecule has 0 aliphatic heterocycles. The molecule has 6 nitrogen and oxygen atoms in total. The van der Waals surface area contributed by atoms with Crippen LogP contribution in [0.3, 0.4) is 0 Å². The zero-order valence-electron chi connectivity index (χ0n) is 13.2. The zero-order chi connectivity index (χ0) is 18.4. The molecule has 0 heterocycles. The Morgan fingerprint density at radius 3 is 2.76 bits per heavy atom. The number of halogens is 1. The molecule has 0 aliphatic rings. The molecule has 0 fully saturated rings. The van der Waals surface area contributed by atoms with Crippen molar-refractivity contribution >= 4 is 40.6 Å². The summed E-state index contributed by atoms with van der Waals surface area (Å²) in [6, 6.07) is 13.0. The largest absolute Gasteiger partial charge is 0.321 e. The summed E-state index contributed by atoms with van der Waals surface area (Å²) in [6.45, 7) is 1.93. The number of carbonyl (C=O) groups excluding carboxylic acids is 1. The fourth-order valence-corrected chi connectivity index (χ4v) is 3.31. The van der Waals surface area contributed by atoms with Crippen molar-refractivity contribution in [3.63, 3.8) is 0 Å². The van der Waals surface area contributed by atoms with Gasteiger partial charge in [-0.1, -0.05) is 30.7 Å². The first-order valence-electron chi connectivity index (χ1n) is 7.30. The molecule has 8 heteroatoms. The molecule has 0 bridgehead atoms. The first-order chi connectivity index (χ1) is 11.9. The minimum atomic E-state index is -0.573. The first-order valence-corrected chi connectivity index (χ1v) is 8.56. The Bertz CT molecular complexity index is 851. The lowest BCUT2D eigenvalue weighted by Gasteiger charge is -2.13. The van der Waals surface area contributed by atoms with Crippen LogP contribution in [0.25, 0.3) is 0 Å². The highest BCUT2D eigenvalue weighted by molar-refractivity contribution is 8.00. The van der Waals surface area contributed by atoms with E-state index in [1.165, 1.54) is 23.9 Å². The van der Waals surface area contributed by atoms with E-state index < -0.39 is 10.8 Å². The molecule has 0 saturated heterocycles. The summed E-state index contributed by atoms with van der Waals surface area (Å²) in [7, 11) is 0. The number of nitro groups is 1. The van der Waals surface area contributed by atoms with Gasteiger partial charge in [-0.2, -0.15) is 5.26 Å². The van der Waals surface area contributed by atoms with Crippen molar-refractivity contribution in [3.8, 4) is 6.07 Å². The number of non-ortho nitro benzene ring substituents is 1. The van der Waals surface area contributed by atoms with Crippen LogP contribution in [0.1, 0.15) is 23.7 Å². The quantitative estimate of drug-likeness (QED) is 0.440. The van der Waals surface area contributed by atoms with Gasteiger partial charge in [0.05, 0.1) is 27.3 Å². The number of benzene rings is 2. The lowest BCUT2D eigenvalue weighted by molar-refractivity contribution is -0.384. The van der Waals surface area contributed by atoms with Crippen LogP contribution in [-0.2, 0) is 0 Å². The van der Waals surface area contributed by atoms with Gasteiger partial charge in [0.1, 0.15) is 0 Å². The molecule has 0 radical (unpaired) electrons. The van der Waals surface area contributed by atoms with Crippen LogP contribution in [0.4, 0.5) is 11.4 Å². The van der Waals surface area contributed by atoms with Crippen molar-refractivity contribution in [2.45, 2.75) is 23.5 Å². The van der Waals surface area contributed by atoms with Gasteiger partial charge in [-0.05, 0) is 18.2 Å². The van der Waals surface area contributed by atoms with Gasteiger partial charge >= 0.3 is 0 Å². The molecule has 1 N–H and O–H groups in total. The number of thioether (sulfide) groups is 1. The number of rotatable bonds is 6. The number of nitrogens with zero attached hydrogens (tertiary/aromatic N) is 2. The summed E-state index contributed by atoms with van der Waals surface area (Å²) < 4.78 is 0. The third kappa shape index (κ3) is 4.95. The maximum absolute atomic E-state index is 12.5. The molecule has 0 spiro atoms. The van der Waals surface area contributed by atoms with Gasteiger partial charge in [0.25, 0.3) is 11.6 Å². The van der Waals surface area contributed by atoms with Crippen LogP contribution in [-0.4, -0.2) is 16.1 Å². The predicted octanol–water partition coefficient (Wildman–Crippen LogP) is 4.89. The topological polar surface area (TPSA) is 96.0 Å². The van der Waals surface area contributed by atoms with Crippen LogP contribution in [0.15, 0.2) is 47.4 Å². The number of para-hydroxylation sites is 1. The van der Waals surface area contributed by atoms with E-state index in [1.807, 2.05) is 19.1 Å². The molecule has 25 heavy (non-hydrogen) atoms. The van der Waals surface area contributed by atoms with Crippen LogP contribution >= 0.6 is 23.4 Å². The van der Waals surface area contributed by atoms with Gasteiger partial charge < -0.3 is 5.32 Å². The third-order valence-electron chi connectivity index (χ3n) is 3.25. The number of nitrogens with one attached hydrogen (secondary N) is 1. The van der Waals surface area contributed by atoms with Crippen LogP contribution < -0.4 is 5.32 Å². The summed E-state index contributed by atoms with van der Waals surface area (Å²) in [5.74, 6) is -0.458.